The molecule has 0 aromatic heterocycles. The number of benzene rings is 1. The van der Waals surface area contributed by atoms with Gasteiger partial charge >= 0.3 is 5.97 Å². The van der Waals surface area contributed by atoms with Crippen LogP contribution in [0.4, 0.5) is 10.1 Å². The predicted octanol–water partition coefficient (Wildman–Crippen LogP) is 1.39. The Bertz CT molecular complexity index is 519. The second kappa shape index (κ2) is 5.26. The molecule has 1 amide bonds. The zero-order chi connectivity index (χ0) is 14.0. The Morgan fingerprint density at radius 2 is 2.11 bits per heavy atom. The van der Waals surface area contributed by atoms with E-state index in [1.807, 2.05) is 0 Å². The topological polar surface area (TPSA) is 92.4 Å². The lowest BCUT2D eigenvalue weighted by atomic mass is 10.0. The number of hydrogen-bond donors (Lipinski definition) is 3. The first-order valence-corrected chi connectivity index (χ1v) is 6.07. The Morgan fingerprint density at radius 3 is 2.79 bits per heavy atom. The third-order valence-corrected chi connectivity index (χ3v) is 3.41. The number of nitrogens with two attached hydrogens (primary N) is 1. The Hall–Kier alpha value is -2.11. The molecule has 5 nitrogen and oxygen atoms in total. The van der Waals surface area contributed by atoms with Gasteiger partial charge in [0.05, 0.1) is 11.5 Å². The number of aliphatic carboxylic acids is 1. The van der Waals surface area contributed by atoms with Crippen molar-refractivity contribution in [2.24, 2.45) is 5.92 Å². The summed E-state index contributed by atoms with van der Waals surface area (Å²) in [4.78, 5) is 23.0. The van der Waals surface area contributed by atoms with Crippen LogP contribution in [0.2, 0.25) is 0 Å². The number of nitrogen functional groups attached to an aromatic ring is 1. The third-order valence-electron chi connectivity index (χ3n) is 3.41. The van der Waals surface area contributed by atoms with Crippen LogP contribution in [0.5, 0.6) is 0 Å². The molecule has 102 valence electrons. The van der Waals surface area contributed by atoms with Crippen LogP contribution in [0.1, 0.15) is 29.6 Å². The maximum atomic E-state index is 13.1. The van der Waals surface area contributed by atoms with Gasteiger partial charge in [-0.25, -0.2) is 4.39 Å². The van der Waals surface area contributed by atoms with E-state index in [2.05, 4.69) is 5.32 Å². The largest absolute Gasteiger partial charge is 0.481 e. The average molecular weight is 266 g/mol. The van der Waals surface area contributed by atoms with E-state index in [9.17, 15) is 14.0 Å². The van der Waals surface area contributed by atoms with Gasteiger partial charge in [0.1, 0.15) is 5.82 Å². The van der Waals surface area contributed by atoms with Crippen LogP contribution in [-0.2, 0) is 4.79 Å². The summed E-state index contributed by atoms with van der Waals surface area (Å²) in [5, 5.41) is 11.7. The van der Waals surface area contributed by atoms with Gasteiger partial charge in [-0.05, 0) is 31.0 Å². The fourth-order valence-electron chi connectivity index (χ4n) is 2.40. The number of hydrogen-bond acceptors (Lipinski definition) is 3. The maximum absolute atomic E-state index is 13.1. The van der Waals surface area contributed by atoms with E-state index < -0.39 is 29.7 Å². The van der Waals surface area contributed by atoms with Gasteiger partial charge in [-0.15, -0.1) is 0 Å². The van der Waals surface area contributed by atoms with Crippen molar-refractivity contribution in [3.05, 3.63) is 29.6 Å². The van der Waals surface area contributed by atoms with Crippen LogP contribution < -0.4 is 11.1 Å². The number of rotatable bonds is 3. The molecule has 2 rings (SSSR count). The van der Waals surface area contributed by atoms with E-state index >= 15 is 0 Å². The highest BCUT2D eigenvalue weighted by molar-refractivity contribution is 5.99. The highest BCUT2D eigenvalue weighted by Gasteiger charge is 2.34. The summed E-state index contributed by atoms with van der Waals surface area (Å²) < 4.78 is 13.1. The van der Waals surface area contributed by atoms with Crippen molar-refractivity contribution in [2.45, 2.75) is 25.3 Å². The summed E-state index contributed by atoms with van der Waals surface area (Å²) in [6.07, 6.45) is 1.90. The van der Waals surface area contributed by atoms with Crippen molar-refractivity contribution in [3.8, 4) is 0 Å². The van der Waals surface area contributed by atoms with Gasteiger partial charge in [-0.3, -0.25) is 9.59 Å². The fourth-order valence-corrected chi connectivity index (χ4v) is 2.40. The van der Waals surface area contributed by atoms with Crippen LogP contribution in [0.15, 0.2) is 18.2 Å². The van der Waals surface area contributed by atoms with Gasteiger partial charge in [-0.2, -0.15) is 0 Å². The standard InChI is InChI=1S/C13H15FN2O3/c14-7-4-5-10(15)9(6-7)12(17)16-11-3-1-2-8(11)13(18)19/h4-6,8,11H,1-3,15H2,(H,16,17)(H,18,19). The number of carboxylic acid groups (broad SMARTS) is 1. The molecule has 1 saturated carbocycles. The minimum absolute atomic E-state index is 0.0380. The molecule has 1 aromatic carbocycles. The molecule has 6 heteroatoms. The second-order valence-electron chi connectivity index (χ2n) is 4.69. The van der Waals surface area contributed by atoms with Crippen molar-refractivity contribution < 1.29 is 19.1 Å². The maximum Gasteiger partial charge on any atom is 0.308 e. The van der Waals surface area contributed by atoms with Crippen LogP contribution in [0, 0.1) is 11.7 Å². The number of anilines is 1. The van der Waals surface area contributed by atoms with Crippen molar-refractivity contribution in [3.63, 3.8) is 0 Å². The molecule has 1 aliphatic rings. The molecule has 2 atom stereocenters. The molecule has 0 radical (unpaired) electrons. The first-order valence-electron chi connectivity index (χ1n) is 6.07. The SMILES string of the molecule is Nc1ccc(F)cc1C(=O)NC1CCCC1C(=O)O. The van der Waals surface area contributed by atoms with Crippen molar-refractivity contribution in [1.82, 2.24) is 5.32 Å². The number of amides is 1. The van der Waals surface area contributed by atoms with E-state index in [0.717, 1.165) is 12.5 Å². The van der Waals surface area contributed by atoms with E-state index in [0.29, 0.717) is 12.8 Å². The quantitative estimate of drug-likeness (QED) is 0.721. The van der Waals surface area contributed by atoms with Crippen LogP contribution in [0.25, 0.3) is 0 Å². The predicted molar refractivity (Wildman–Crippen MR) is 67.0 cm³/mol. The zero-order valence-corrected chi connectivity index (χ0v) is 10.2. The summed E-state index contributed by atoms with van der Waals surface area (Å²) in [5.41, 5.74) is 5.82. The third kappa shape index (κ3) is 2.83. The van der Waals surface area contributed by atoms with E-state index in [-0.39, 0.29) is 11.3 Å². The van der Waals surface area contributed by atoms with Gasteiger partial charge in [-0.1, -0.05) is 6.42 Å². The molecule has 1 aromatic rings. The average Bonchev–Trinajstić information content (AvgIpc) is 2.80. The number of carbonyl (C=O) groups excluding carboxylic acids is 1. The minimum atomic E-state index is -0.921. The Labute approximate surface area is 109 Å². The first-order chi connectivity index (χ1) is 8.99. The van der Waals surface area contributed by atoms with Crippen molar-refractivity contribution >= 4 is 17.6 Å². The van der Waals surface area contributed by atoms with Crippen LogP contribution in [-0.4, -0.2) is 23.0 Å². The van der Waals surface area contributed by atoms with Crippen LogP contribution >= 0.6 is 0 Å². The lowest BCUT2D eigenvalue weighted by molar-refractivity contribution is -0.142. The number of carbonyl (C=O) groups is 2. The molecule has 0 heterocycles. The van der Waals surface area contributed by atoms with Gasteiger partial charge < -0.3 is 16.2 Å². The smallest absolute Gasteiger partial charge is 0.308 e. The molecule has 1 aliphatic carbocycles. The number of carboxylic acids is 1. The number of halogens is 1. The zero-order valence-electron chi connectivity index (χ0n) is 10.2. The van der Waals surface area contributed by atoms with E-state index in [1.54, 1.807) is 0 Å². The summed E-state index contributed by atoms with van der Waals surface area (Å²) >= 11 is 0. The van der Waals surface area contributed by atoms with E-state index in [4.69, 9.17) is 10.8 Å². The van der Waals surface area contributed by atoms with Gasteiger partial charge in [0.2, 0.25) is 0 Å². The summed E-state index contributed by atoms with van der Waals surface area (Å²) in [7, 11) is 0. The lowest BCUT2D eigenvalue weighted by Gasteiger charge is -2.18. The van der Waals surface area contributed by atoms with Crippen LogP contribution in [0.3, 0.4) is 0 Å². The molecular weight excluding hydrogens is 251 g/mol. The van der Waals surface area contributed by atoms with E-state index in [1.165, 1.54) is 12.1 Å². The first kappa shape index (κ1) is 13.3. The Morgan fingerprint density at radius 1 is 1.37 bits per heavy atom. The molecule has 4 N–H and O–H groups in total. The lowest BCUT2D eigenvalue weighted by Crippen LogP contribution is -2.40. The normalized spacial score (nSPS) is 22.2. The summed E-state index contributed by atoms with van der Waals surface area (Å²) in [6.45, 7) is 0. The molecule has 0 bridgehead atoms. The highest BCUT2D eigenvalue weighted by Crippen LogP contribution is 2.26. The Balaban J connectivity index is 2.12. The van der Waals surface area contributed by atoms with Crippen molar-refractivity contribution in [1.29, 1.82) is 0 Å². The minimum Gasteiger partial charge on any atom is -0.481 e. The van der Waals surface area contributed by atoms with Gasteiger partial charge in [0.25, 0.3) is 5.91 Å². The second-order valence-corrected chi connectivity index (χ2v) is 4.69. The Kier molecular flexibility index (Phi) is 3.69. The fraction of sp³-hybridized carbons (Fsp3) is 0.385. The highest BCUT2D eigenvalue weighted by atomic mass is 19.1. The molecule has 0 spiro atoms. The van der Waals surface area contributed by atoms with Gasteiger partial charge in [0, 0.05) is 11.7 Å². The van der Waals surface area contributed by atoms with Crippen molar-refractivity contribution in [2.75, 3.05) is 5.73 Å². The molecule has 19 heavy (non-hydrogen) atoms. The molecule has 1 fully saturated rings. The summed E-state index contributed by atoms with van der Waals surface area (Å²) in [5.74, 6) is -2.59. The molecule has 0 saturated heterocycles. The van der Waals surface area contributed by atoms with Gasteiger partial charge in [0.15, 0.2) is 0 Å². The molecule has 0 aliphatic heterocycles. The monoisotopic (exact) mass is 266 g/mol. The molecular formula is C13H15FN2O3. The number of nitrogens with one attached hydrogen (secondary N) is 1. The summed E-state index contributed by atoms with van der Waals surface area (Å²) in [6, 6.07) is 3.11. The molecule has 2 unspecified atom stereocenters.